The van der Waals surface area contributed by atoms with Gasteiger partial charge in [0.15, 0.2) is 0 Å². The second-order valence-corrected chi connectivity index (χ2v) is 6.02. The molecule has 0 amide bonds. The minimum absolute atomic E-state index is 0.154. The van der Waals surface area contributed by atoms with E-state index in [0.29, 0.717) is 0 Å². The van der Waals surface area contributed by atoms with Crippen molar-refractivity contribution < 1.29 is 5.11 Å². The van der Waals surface area contributed by atoms with Crippen molar-refractivity contribution in [2.45, 2.75) is 57.5 Å². The van der Waals surface area contributed by atoms with Gasteiger partial charge in [0.25, 0.3) is 0 Å². The lowest BCUT2D eigenvalue weighted by Crippen LogP contribution is -2.13. The highest BCUT2D eigenvalue weighted by molar-refractivity contribution is 5.47. The standard InChI is InChI=1S/C15H20O/c1-15(2)9-14(16)12-7-10-5-3-4-6-11(10)8-13(12)15/h7-8,14,16H,3-6,9H2,1-2H3/t14-/m1/s1. The molecule has 0 radical (unpaired) electrons. The lowest BCUT2D eigenvalue weighted by molar-refractivity contribution is 0.161. The van der Waals surface area contributed by atoms with E-state index < -0.39 is 0 Å². The van der Waals surface area contributed by atoms with E-state index >= 15 is 0 Å². The summed E-state index contributed by atoms with van der Waals surface area (Å²) in [5, 5.41) is 10.1. The average Bonchev–Trinajstić information content (AvgIpc) is 2.47. The summed E-state index contributed by atoms with van der Waals surface area (Å²) >= 11 is 0. The van der Waals surface area contributed by atoms with Gasteiger partial charge in [-0.05, 0) is 59.8 Å². The normalized spacial score (nSPS) is 26.3. The summed E-state index contributed by atoms with van der Waals surface area (Å²) in [7, 11) is 0. The molecule has 1 nitrogen and oxygen atoms in total. The molecule has 0 heterocycles. The maximum absolute atomic E-state index is 10.1. The van der Waals surface area contributed by atoms with Gasteiger partial charge in [0, 0.05) is 0 Å². The van der Waals surface area contributed by atoms with Gasteiger partial charge >= 0.3 is 0 Å². The highest BCUT2D eigenvalue weighted by atomic mass is 16.3. The molecule has 16 heavy (non-hydrogen) atoms. The third-order valence-corrected chi connectivity index (χ3v) is 4.31. The SMILES string of the molecule is CC1(C)C[C@@H](O)c2cc3c(cc21)CCCC3. The minimum atomic E-state index is -0.239. The predicted molar refractivity (Wildman–Crippen MR) is 65.7 cm³/mol. The molecule has 0 aromatic heterocycles. The van der Waals surface area contributed by atoms with Crippen LogP contribution >= 0.6 is 0 Å². The van der Waals surface area contributed by atoms with Crippen molar-refractivity contribution in [1.29, 1.82) is 0 Å². The molecule has 0 saturated carbocycles. The zero-order valence-corrected chi connectivity index (χ0v) is 10.2. The number of aryl methyl sites for hydroxylation is 2. The van der Waals surface area contributed by atoms with Gasteiger partial charge in [-0.25, -0.2) is 0 Å². The highest BCUT2D eigenvalue weighted by Gasteiger charge is 2.36. The van der Waals surface area contributed by atoms with Gasteiger partial charge in [0.2, 0.25) is 0 Å². The fourth-order valence-corrected chi connectivity index (χ4v) is 3.37. The van der Waals surface area contributed by atoms with Crippen molar-refractivity contribution in [3.05, 3.63) is 34.4 Å². The molecule has 0 bridgehead atoms. The minimum Gasteiger partial charge on any atom is -0.388 e. The monoisotopic (exact) mass is 216 g/mol. The summed E-state index contributed by atoms with van der Waals surface area (Å²) in [6.07, 6.45) is 5.72. The molecule has 1 N–H and O–H groups in total. The molecule has 86 valence electrons. The Bertz CT molecular complexity index is 431. The fourth-order valence-electron chi connectivity index (χ4n) is 3.37. The number of hydrogen-bond acceptors (Lipinski definition) is 1. The molecule has 2 aliphatic rings. The molecule has 0 aliphatic heterocycles. The highest BCUT2D eigenvalue weighted by Crippen LogP contribution is 2.46. The second-order valence-electron chi connectivity index (χ2n) is 6.02. The van der Waals surface area contributed by atoms with Crippen LogP contribution in [0, 0.1) is 0 Å². The van der Waals surface area contributed by atoms with E-state index in [9.17, 15) is 5.11 Å². The Kier molecular flexibility index (Phi) is 2.16. The van der Waals surface area contributed by atoms with E-state index in [-0.39, 0.29) is 11.5 Å². The summed E-state index contributed by atoms with van der Waals surface area (Å²) in [4.78, 5) is 0. The van der Waals surface area contributed by atoms with E-state index in [2.05, 4.69) is 26.0 Å². The molecule has 0 spiro atoms. The molecular formula is C15H20O. The zero-order valence-electron chi connectivity index (χ0n) is 10.2. The van der Waals surface area contributed by atoms with Gasteiger partial charge in [-0.3, -0.25) is 0 Å². The molecule has 0 fully saturated rings. The van der Waals surface area contributed by atoms with E-state index in [0.717, 1.165) is 6.42 Å². The van der Waals surface area contributed by atoms with Crippen LogP contribution in [-0.2, 0) is 18.3 Å². The summed E-state index contributed by atoms with van der Waals surface area (Å²) < 4.78 is 0. The van der Waals surface area contributed by atoms with Gasteiger partial charge in [-0.1, -0.05) is 26.0 Å². The first kappa shape index (κ1) is 10.3. The van der Waals surface area contributed by atoms with Crippen molar-refractivity contribution >= 4 is 0 Å². The molecule has 3 rings (SSSR count). The van der Waals surface area contributed by atoms with Gasteiger partial charge in [-0.2, -0.15) is 0 Å². The fraction of sp³-hybridized carbons (Fsp3) is 0.600. The van der Waals surface area contributed by atoms with Crippen LogP contribution < -0.4 is 0 Å². The van der Waals surface area contributed by atoms with Gasteiger partial charge < -0.3 is 5.11 Å². The van der Waals surface area contributed by atoms with Crippen LogP contribution in [0.4, 0.5) is 0 Å². The first-order valence-corrected chi connectivity index (χ1v) is 6.42. The van der Waals surface area contributed by atoms with Crippen molar-refractivity contribution in [2.75, 3.05) is 0 Å². The molecule has 2 aliphatic carbocycles. The average molecular weight is 216 g/mol. The molecule has 1 aromatic rings. The van der Waals surface area contributed by atoms with E-state index in [1.54, 1.807) is 0 Å². The lowest BCUT2D eigenvalue weighted by atomic mass is 9.82. The van der Waals surface area contributed by atoms with Crippen molar-refractivity contribution in [3.8, 4) is 0 Å². The van der Waals surface area contributed by atoms with Crippen LogP contribution in [0.3, 0.4) is 0 Å². The second kappa shape index (κ2) is 3.33. The Morgan fingerprint density at radius 2 is 1.75 bits per heavy atom. The van der Waals surface area contributed by atoms with Crippen LogP contribution in [-0.4, -0.2) is 5.11 Å². The first-order valence-electron chi connectivity index (χ1n) is 6.42. The van der Waals surface area contributed by atoms with E-state index in [4.69, 9.17) is 0 Å². The summed E-state index contributed by atoms with van der Waals surface area (Å²) in [5.41, 5.74) is 5.77. The van der Waals surface area contributed by atoms with Crippen LogP contribution in [0.2, 0.25) is 0 Å². The Morgan fingerprint density at radius 1 is 1.12 bits per heavy atom. The molecule has 1 atom stereocenters. The van der Waals surface area contributed by atoms with Crippen LogP contribution in [0.1, 0.15) is 61.5 Å². The maximum atomic E-state index is 10.1. The molecular weight excluding hydrogens is 196 g/mol. The van der Waals surface area contributed by atoms with Gasteiger partial charge in [0.1, 0.15) is 0 Å². The van der Waals surface area contributed by atoms with Crippen LogP contribution in [0.5, 0.6) is 0 Å². The van der Waals surface area contributed by atoms with Crippen molar-refractivity contribution in [2.24, 2.45) is 0 Å². The molecule has 1 heteroatoms. The van der Waals surface area contributed by atoms with Crippen LogP contribution in [0.15, 0.2) is 12.1 Å². The van der Waals surface area contributed by atoms with Crippen LogP contribution in [0.25, 0.3) is 0 Å². The molecule has 0 unspecified atom stereocenters. The molecule has 0 saturated heterocycles. The summed E-state index contributed by atoms with van der Waals surface area (Å²) in [6, 6.07) is 4.66. The van der Waals surface area contributed by atoms with Crippen molar-refractivity contribution in [3.63, 3.8) is 0 Å². The quantitative estimate of drug-likeness (QED) is 0.705. The Labute approximate surface area is 97.5 Å². The largest absolute Gasteiger partial charge is 0.388 e. The number of rotatable bonds is 0. The smallest absolute Gasteiger partial charge is 0.0801 e. The van der Waals surface area contributed by atoms with E-state index in [1.807, 2.05) is 0 Å². The van der Waals surface area contributed by atoms with Crippen molar-refractivity contribution in [1.82, 2.24) is 0 Å². The number of fused-ring (bicyclic) bond motifs is 2. The number of hydrogen-bond donors (Lipinski definition) is 1. The Balaban J connectivity index is 2.16. The summed E-state index contributed by atoms with van der Waals surface area (Å²) in [5.74, 6) is 0. The maximum Gasteiger partial charge on any atom is 0.0801 e. The molecule has 1 aromatic carbocycles. The zero-order chi connectivity index (χ0) is 11.3. The predicted octanol–water partition coefficient (Wildman–Crippen LogP) is 3.28. The van der Waals surface area contributed by atoms with Gasteiger partial charge in [0.05, 0.1) is 6.10 Å². The topological polar surface area (TPSA) is 20.2 Å². The van der Waals surface area contributed by atoms with E-state index in [1.165, 1.54) is 47.9 Å². The lowest BCUT2D eigenvalue weighted by Gasteiger charge is -2.22. The number of aliphatic hydroxyl groups is 1. The summed E-state index contributed by atoms with van der Waals surface area (Å²) in [6.45, 7) is 4.49. The van der Waals surface area contributed by atoms with Gasteiger partial charge in [-0.15, -0.1) is 0 Å². The number of aliphatic hydroxyl groups excluding tert-OH is 1. The third-order valence-electron chi connectivity index (χ3n) is 4.31. The Morgan fingerprint density at radius 3 is 2.44 bits per heavy atom. The first-order chi connectivity index (χ1) is 7.58. The third kappa shape index (κ3) is 1.41. The Hall–Kier alpha value is -0.820. The number of benzene rings is 1.